The molecular formula is C22H24N4O. The summed E-state index contributed by atoms with van der Waals surface area (Å²) in [5.41, 5.74) is 2.63. The van der Waals surface area contributed by atoms with Gasteiger partial charge in [-0.2, -0.15) is 0 Å². The number of carbonyl (C=O) groups excluding carboxylic acids is 1. The molecule has 5 nitrogen and oxygen atoms in total. The monoisotopic (exact) mass is 360 g/mol. The molecule has 2 bridgehead atoms. The molecule has 5 rings (SSSR count). The van der Waals surface area contributed by atoms with Crippen molar-refractivity contribution in [2.75, 3.05) is 0 Å². The van der Waals surface area contributed by atoms with Crippen molar-refractivity contribution in [3.05, 3.63) is 66.0 Å². The van der Waals surface area contributed by atoms with Gasteiger partial charge in [0.2, 0.25) is 0 Å². The molecule has 2 aliphatic rings. The molecule has 2 N–H and O–H groups in total. The van der Waals surface area contributed by atoms with Crippen LogP contribution in [0.15, 0.2) is 54.7 Å². The smallest absolute Gasteiger partial charge is 0.270 e. The first-order valence-corrected chi connectivity index (χ1v) is 9.81. The summed E-state index contributed by atoms with van der Waals surface area (Å²) in [5.74, 6) is -0.0626. The zero-order valence-corrected chi connectivity index (χ0v) is 15.3. The van der Waals surface area contributed by atoms with Crippen molar-refractivity contribution >= 4 is 16.9 Å². The van der Waals surface area contributed by atoms with E-state index in [1.54, 1.807) is 0 Å². The molecule has 2 aliphatic heterocycles. The molecule has 2 aromatic heterocycles. The lowest BCUT2D eigenvalue weighted by Gasteiger charge is -2.39. The highest BCUT2D eigenvalue weighted by Crippen LogP contribution is 2.36. The molecule has 0 saturated carbocycles. The Hall–Kier alpha value is -2.66. The first-order chi connectivity index (χ1) is 13.3. The number of aromatic nitrogens is 2. The van der Waals surface area contributed by atoms with Gasteiger partial charge < -0.3 is 10.3 Å². The summed E-state index contributed by atoms with van der Waals surface area (Å²) < 4.78 is 0. The number of piperidine rings is 1. The van der Waals surface area contributed by atoms with E-state index in [1.807, 2.05) is 24.4 Å². The van der Waals surface area contributed by atoms with Gasteiger partial charge in [0, 0.05) is 36.3 Å². The second-order valence-corrected chi connectivity index (χ2v) is 7.80. The fourth-order valence-corrected chi connectivity index (χ4v) is 4.76. The molecule has 0 spiro atoms. The van der Waals surface area contributed by atoms with Crippen LogP contribution in [-0.2, 0) is 6.54 Å². The summed E-state index contributed by atoms with van der Waals surface area (Å²) in [6, 6.07) is 17.8. The van der Waals surface area contributed by atoms with E-state index >= 15 is 0 Å². The number of carbonyl (C=O) groups is 1. The van der Waals surface area contributed by atoms with Crippen molar-refractivity contribution in [3.8, 4) is 0 Å². The van der Waals surface area contributed by atoms with Gasteiger partial charge in [-0.1, -0.05) is 30.3 Å². The van der Waals surface area contributed by atoms with Crippen LogP contribution in [0.25, 0.3) is 11.0 Å². The molecule has 3 aromatic rings. The van der Waals surface area contributed by atoms with Gasteiger partial charge >= 0.3 is 0 Å². The predicted molar refractivity (Wildman–Crippen MR) is 105 cm³/mol. The van der Waals surface area contributed by atoms with E-state index in [0.717, 1.165) is 30.4 Å². The maximum absolute atomic E-state index is 12.7. The number of rotatable bonds is 4. The minimum Gasteiger partial charge on any atom is -0.348 e. The normalized spacial score (nSPS) is 25.0. The van der Waals surface area contributed by atoms with E-state index in [1.165, 1.54) is 18.4 Å². The Bertz CT molecular complexity index is 937. The molecule has 1 amide bonds. The standard InChI is InChI=1S/C22H24N4O/c27-22(20-9-6-16-10-11-23-21(16)25-20)24-17-12-18-7-8-19(13-17)26(18)14-15-4-2-1-3-5-15/h1-6,9-11,17-19H,7-8,12-14H2,(H,23,25)(H,24,27)/t17?,18-,19+. The third kappa shape index (κ3) is 3.23. The second kappa shape index (κ2) is 6.82. The van der Waals surface area contributed by atoms with Crippen LogP contribution >= 0.6 is 0 Å². The van der Waals surface area contributed by atoms with Crippen LogP contribution in [0.1, 0.15) is 41.7 Å². The number of amides is 1. The van der Waals surface area contributed by atoms with Crippen molar-refractivity contribution in [2.45, 2.75) is 50.4 Å². The topological polar surface area (TPSA) is 61.0 Å². The number of nitrogens with one attached hydrogen (secondary N) is 2. The van der Waals surface area contributed by atoms with Crippen LogP contribution in [-0.4, -0.2) is 38.9 Å². The first kappa shape index (κ1) is 16.5. The lowest BCUT2D eigenvalue weighted by atomic mass is 9.96. The van der Waals surface area contributed by atoms with Crippen molar-refractivity contribution in [1.29, 1.82) is 0 Å². The summed E-state index contributed by atoms with van der Waals surface area (Å²) in [6.45, 7) is 1.02. The average molecular weight is 360 g/mol. The number of aromatic amines is 1. The third-order valence-corrected chi connectivity index (χ3v) is 6.07. The lowest BCUT2D eigenvalue weighted by Crippen LogP contribution is -2.50. The van der Waals surface area contributed by atoms with Crippen molar-refractivity contribution in [2.24, 2.45) is 0 Å². The lowest BCUT2D eigenvalue weighted by molar-refractivity contribution is 0.0824. The van der Waals surface area contributed by atoms with Crippen LogP contribution in [0.5, 0.6) is 0 Å². The summed E-state index contributed by atoms with van der Waals surface area (Å²) >= 11 is 0. The molecule has 2 saturated heterocycles. The Labute approximate surface area is 158 Å². The molecule has 3 atom stereocenters. The Balaban J connectivity index is 1.25. The number of fused-ring (bicyclic) bond motifs is 3. The minimum absolute atomic E-state index is 0.0626. The minimum atomic E-state index is -0.0626. The van der Waals surface area contributed by atoms with Gasteiger partial charge in [0.05, 0.1) is 0 Å². The second-order valence-electron chi connectivity index (χ2n) is 7.80. The highest BCUT2D eigenvalue weighted by molar-refractivity contribution is 5.94. The Morgan fingerprint density at radius 1 is 1.07 bits per heavy atom. The van der Waals surface area contributed by atoms with E-state index < -0.39 is 0 Å². The SMILES string of the molecule is O=C(NC1C[C@H]2CC[C@@H](C1)N2Cc1ccccc1)c1ccc2cc[nH]c2n1. The van der Waals surface area contributed by atoms with E-state index in [9.17, 15) is 4.79 Å². The maximum atomic E-state index is 12.7. The average Bonchev–Trinajstić information content (AvgIpc) is 3.24. The van der Waals surface area contributed by atoms with E-state index in [2.05, 4.69) is 50.5 Å². The predicted octanol–water partition coefficient (Wildman–Crippen LogP) is 3.49. The summed E-state index contributed by atoms with van der Waals surface area (Å²) in [4.78, 5) is 22.8. The number of H-pyrrole nitrogens is 1. The van der Waals surface area contributed by atoms with Crippen LogP contribution in [0, 0.1) is 0 Å². The zero-order valence-electron chi connectivity index (χ0n) is 15.3. The van der Waals surface area contributed by atoms with Crippen LogP contribution < -0.4 is 5.32 Å². The highest BCUT2D eigenvalue weighted by atomic mass is 16.1. The van der Waals surface area contributed by atoms with Gasteiger partial charge in [-0.05, 0) is 49.4 Å². The quantitative estimate of drug-likeness (QED) is 0.749. The Kier molecular flexibility index (Phi) is 4.17. The van der Waals surface area contributed by atoms with Gasteiger partial charge in [-0.15, -0.1) is 0 Å². The fourth-order valence-electron chi connectivity index (χ4n) is 4.76. The van der Waals surface area contributed by atoms with Gasteiger partial charge in [0.15, 0.2) is 0 Å². The maximum Gasteiger partial charge on any atom is 0.270 e. The number of pyridine rings is 1. The van der Waals surface area contributed by atoms with E-state index in [4.69, 9.17) is 0 Å². The molecule has 1 aromatic carbocycles. The van der Waals surface area contributed by atoms with Gasteiger partial charge in [0.25, 0.3) is 5.91 Å². The van der Waals surface area contributed by atoms with Crippen molar-refractivity contribution in [1.82, 2.24) is 20.2 Å². The van der Waals surface area contributed by atoms with E-state index in [-0.39, 0.29) is 11.9 Å². The molecule has 27 heavy (non-hydrogen) atoms. The van der Waals surface area contributed by atoms with E-state index in [0.29, 0.717) is 17.8 Å². The Morgan fingerprint density at radius 3 is 2.63 bits per heavy atom. The van der Waals surface area contributed by atoms with Gasteiger partial charge in [0.1, 0.15) is 11.3 Å². The van der Waals surface area contributed by atoms with Crippen molar-refractivity contribution < 1.29 is 4.79 Å². The molecule has 0 aliphatic carbocycles. The molecule has 2 fully saturated rings. The molecule has 1 unspecified atom stereocenters. The van der Waals surface area contributed by atoms with Crippen LogP contribution in [0.2, 0.25) is 0 Å². The van der Waals surface area contributed by atoms with Crippen LogP contribution in [0.4, 0.5) is 0 Å². The largest absolute Gasteiger partial charge is 0.348 e. The summed E-state index contributed by atoms with van der Waals surface area (Å²) in [5, 5.41) is 4.26. The third-order valence-electron chi connectivity index (χ3n) is 6.07. The zero-order chi connectivity index (χ0) is 18.2. The molecule has 0 radical (unpaired) electrons. The Morgan fingerprint density at radius 2 is 1.85 bits per heavy atom. The van der Waals surface area contributed by atoms with Crippen LogP contribution in [0.3, 0.4) is 0 Å². The van der Waals surface area contributed by atoms with Gasteiger partial charge in [-0.3, -0.25) is 9.69 Å². The molecule has 4 heterocycles. The number of nitrogens with zero attached hydrogens (tertiary/aromatic N) is 2. The highest BCUT2D eigenvalue weighted by Gasteiger charge is 2.41. The summed E-state index contributed by atoms with van der Waals surface area (Å²) in [7, 11) is 0. The first-order valence-electron chi connectivity index (χ1n) is 9.81. The van der Waals surface area contributed by atoms with Gasteiger partial charge in [-0.25, -0.2) is 4.98 Å². The molecular weight excluding hydrogens is 336 g/mol. The summed E-state index contributed by atoms with van der Waals surface area (Å²) in [6.07, 6.45) is 6.37. The molecule has 5 heteroatoms. The molecule has 138 valence electrons. The fraction of sp³-hybridized carbons (Fsp3) is 0.364. The van der Waals surface area contributed by atoms with Crippen molar-refractivity contribution in [3.63, 3.8) is 0 Å². The number of hydrogen-bond donors (Lipinski definition) is 2. The number of benzene rings is 1. The number of hydrogen-bond acceptors (Lipinski definition) is 3.